The van der Waals surface area contributed by atoms with E-state index in [2.05, 4.69) is 24.1 Å². The normalized spacial score (nSPS) is 14.1. The number of carbonyl (C=O) groups excluding carboxylic acids is 1. The van der Waals surface area contributed by atoms with Crippen molar-refractivity contribution in [2.45, 2.75) is 39.7 Å². The van der Waals surface area contributed by atoms with Crippen molar-refractivity contribution in [2.24, 2.45) is 5.92 Å². The largest absolute Gasteiger partial charge is 0.352 e. The highest BCUT2D eigenvalue weighted by molar-refractivity contribution is 5.97. The van der Waals surface area contributed by atoms with Crippen LogP contribution in [-0.4, -0.2) is 22.0 Å². The summed E-state index contributed by atoms with van der Waals surface area (Å²) in [6.45, 7) is 5.48. The Morgan fingerprint density at radius 3 is 2.95 bits per heavy atom. The fraction of sp³-hybridized carbons (Fsp3) is 0.471. The van der Waals surface area contributed by atoms with Gasteiger partial charge in [-0.2, -0.15) is 0 Å². The molecule has 1 N–H and O–H groups in total. The standard InChI is InChI=1S/C17H21N3O2/c1-11(2)10-18-16(21)12-6-7-13-14(9-12)19-15-5-3-4-8-20(15)17(13)22/h6-7,9,11H,3-5,8,10H2,1-2H3,(H,18,21). The average molecular weight is 299 g/mol. The molecule has 1 aromatic heterocycles. The van der Waals surface area contributed by atoms with Gasteiger partial charge in [-0.05, 0) is 37.0 Å². The summed E-state index contributed by atoms with van der Waals surface area (Å²) < 4.78 is 1.77. The van der Waals surface area contributed by atoms with E-state index in [4.69, 9.17) is 0 Å². The minimum absolute atomic E-state index is 0.00818. The molecule has 0 spiro atoms. The van der Waals surface area contributed by atoms with Gasteiger partial charge in [0.05, 0.1) is 10.9 Å². The SMILES string of the molecule is CC(C)CNC(=O)c1ccc2c(=O)n3c(nc2c1)CCCC3. The minimum Gasteiger partial charge on any atom is -0.352 e. The monoisotopic (exact) mass is 299 g/mol. The number of hydrogen-bond donors (Lipinski definition) is 1. The molecule has 0 bridgehead atoms. The molecule has 0 atom stereocenters. The van der Waals surface area contributed by atoms with Gasteiger partial charge >= 0.3 is 0 Å². The Hall–Kier alpha value is -2.17. The second-order valence-corrected chi connectivity index (χ2v) is 6.28. The van der Waals surface area contributed by atoms with E-state index in [1.807, 2.05) is 0 Å². The Labute approximate surface area is 129 Å². The summed E-state index contributed by atoms with van der Waals surface area (Å²) in [6, 6.07) is 5.15. The molecule has 22 heavy (non-hydrogen) atoms. The average Bonchev–Trinajstić information content (AvgIpc) is 2.52. The lowest BCUT2D eigenvalue weighted by Gasteiger charge is -2.18. The van der Waals surface area contributed by atoms with Crippen LogP contribution < -0.4 is 10.9 Å². The zero-order valence-electron chi connectivity index (χ0n) is 13.1. The van der Waals surface area contributed by atoms with Crippen LogP contribution in [0.3, 0.4) is 0 Å². The molecule has 1 amide bonds. The van der Waals surface area contributed by atoms with Crippen LogP contribution in [-0.2, 0) is 13.0 Å². The third kappa shape index (κ3) is 2.75. The highest BCUT2D eigenvalue weighted by atomic mass is 16.1. The minimum atomic E-state index is -0.116. The van der Waals surface area contributed by atoms with Gasteiger partial charge < -0.3 is 5.32 Å². The molecule has 1 aliphatic heterocycles. The highest BCUT2D eigenvalue weighted by Gasteiger charge is 2.16. The third-order valence-corrected chi connectivity index (χ3v) is 4.00. The molecule has 0 saturated carbocycles. The van der Waals surface area contributed by atoms with Gasteiger partial charge in [0.15, 0.2) is 0 Å². The lowest BCUT2D eigenvalue weighted by atomic mass is 10.1. The first kappa shape index (κ1) is 14.8. The highest BCUT2D eigenvalue weighted by Crippen LogP contribution is 2.16. The van der Waals surface area contributed by atoms with Gasteiger partial charge in [0.1, 0.15) is 5.82 Å². The van der Waals surface area contributed by atoms with Crippen molar-refractivity contribution >= 4 is 16.8 Å². The number of aromatic nitrogens is 2. The van der Waals surface area contributed by atoms with Crippen LogP contribution in [0, 0.1) is 5.92 Å². The van der Waals surface area contributed by atoms with Crippen molar-refractivity contribution in [3.63, 3.8) is 0 Å². The first-order valence-electron chi connectivity index (χ1n) is 7.88. The quantitative estimate of drug-likeness (QED) is 0.944. The summed E-state index contributed by atoms with van der Waals surface area (Å²) in [6.07, 6.45) is 2.91. The van der Waals surface area contributed by atoms with Crippen LogP contribution in [0.5, 0.6) is 0 Å². The van der Waals surface area contributed by atoms with Gasteiger partial charge in [-0.15, -0.1) is 0 Å². The Bertz CT molecular complexity index is 777. The third-order valence-electron chi connectivity index (χ3n) is 4.00. The summed E-state index contributed by atoms with van der Waals surface area (Å²) in [5.41, 5.74) is 1.19. The molecule has 2 heterocycles. The van der Waals surface area contributed by atoms with E-state index in [1.165, 1.54) is 0 Å². The van der Waals surface area contributed by atoms with Crippen molar-refractivity contribution < 1.29 is 4.79 Å². The lowest BCUT2D eigenvalue weighted by Crippen LogP contribution is -2.29. The molecule has 2 aromatic rings. The van der Waals surface area contributed by atoms with E-state index in [9.17, 15) is 9.59 Å². The molecule has 3 rings (SSSR count). The Morgan fingerprint density at radius 2 is 2.18 bits per heavy atom. The smallest absolute Gasteiger partial charge is 0.261 e. The van der Waals surface area contributed by atoms with E-state index < -0.39 is 0 Å². The number of nitrogens with zero attached hydrogens (tertiary/aromatic N) is 2. The van der Waals surface area contributed by atoms with Crippen LogP contribution in [0.1, 0.15) is 42.9 Å². The Kier molecular flexibility index (Phi) is 3.96. The number of carbonyl (C=O) groups is 1. The van der Waals surface area contributed by atoms with Gasteiger partial charge in [-0.25, -0.2) is 4.98 Å². The predicted octanol–water partition coefficient (Wildman–Crippen LogP) is 2.12. The number of fused-ring (bicyclic) bond motifs is 2. The molecule has 5 heteroatoms. The molecular formula is C17H21N3O2. The van der Waals surface area contributed by atoms with E-state index in [-0.39, 0.29) is 11.5 Å². The van der Waals surface area contributed by atoms with E-state index >= 15 is 0 Å². The summed E-state index contributed by atoms with van der Waals surface area (Å²) in [5, 5.41) is 3.48. The number of aryl methyl sites for hydroxylation is 1. The van der Waals surface area contributed by atoms with Crippen LogP contribution in [0.2, 0.25) is 0 Å². The van der Waals surface area contributed by atoms with E-state index in [0.29, 0.717) is 28.9 Å². The van der Waals surface area contributed by atoms with Crippen LogP contribution in [0.25, 0.3) is 10.9 Å². The van der Waals surface area contributed by atoms with Gasteiger partial charge in [0.25, 0.3) is 11.5 Å². The Balaban J connectivity index is 1.99. The van der Waals surface area contributed by atoms with Crippen LogP contribution >= 0.6 is 0 Å². The molecule has 0 saturated heterocycles. The van der Waals surface area contributed by atoms with Crippen molar-refractivity contribution in [1.82, 2.24) is 14.9 Å². The molecule has 0 aliphatic carbocycles. The summed E-state index contributed by atoms with van der Waals surface area (Å²) >= 11 is 0. The summed E-state index contributed by atoms with van der Waals surface area (Å²) in [7, 11) is 0. The molecule has 0 unspecified atom stereocenters. The molecule has 0 fully saturated rings. The van der Waals surface area contributed by atoms with Gasteiger partial charge in [0, 0.05) is 25.1 Å². The molecule has 0 radical (unpaired) electrons. The fourth-order valence-electron chi connectivity index (χ4n) is 2.78. The second kappa shape index (κ2) is 5.91. The zero-order chi connectivity index (χ0) is 15.7. The predicted molar refractivity (Wildman–Crippen MR) is 86.1 cm³/mol. The number of hydrogen-bond acceptors (Lipinski definition) is 3. The van der Waals surface area contributed by atoms with Gasteiger partial charge in [0.2, 0.25) is 0 Å². The number of amides is 1. The van der Waals surface area contributed by atoms with Gasteiger partial charge in [-0.3, -0.25) is 14.2 Å². The second-order valence-electron chi connectivity index (χ2n) is 6.28. The zero-order valence-corrected chi connectivity index (χ0v) is 13.1. The summed E-state index contributed by atoms with van der Waals surface area (Å²) in [4.78, 5) is 29.2. The van der Waals surface area contributed by atoms with Crippen molar-refractivity contribution in [1.29, 1.82) is 0 Å². The van der Waals surface area contributed by atoms with Crippen LogP contribution in [0.4, 0.5) is 0 Å². The van der Waals surface area contributed by atoms with E-state index in [1.54, 1.807) is 22.8 Å². The molecule has 1 aromatic carbocycles. The first-order chi connectivity index (χ1) is 10.6. The molecular weight excluding hydrogens is 278 g/mol. The number of benzene rings is 1. The van der Waals surface area contributed by atoms with Crippen LogP contribution in [0.15, 0.2) is 23.0 Å². The molecule has 116 valence electrons. The van der Waals surface area contributed by atoms with Gasteiger partial charge in [-0.1, -0.05) is 13.8 Å². The fourth-order valence-corrected chi connectivity index (χ4v) is 2.78. The Morgan fingerprint density at radius 1 is 1.36 bits per heavy atom. The van der Waals surface area contributed by atoms with E-state index in [0.717, 1.165) is 31.6 Å². The maximum atomic E-state index is 12.5. The maximum absolute atomic E-state index is 12.5. The van der Waals surface area contributed by atoms with Crippen molar-refractivity contribution in [3.05, 3.63) is 39.9 Å². The number of rotatable bonds is 3. The lowest BCUT2D eigenvalue weighted by molar-refractivity contribution is 0.0949. The van der Waals surface area contributed by atoms with Crippen molar-refractivity contribution in [3.8, 4) is 0 Å². The topological polar surface area (TPSA) is 64.0 Å². The molecule has 1 aliphatic rings. The summed E-state index contributed by atoms with van der Waals surface area (Å²) in [5.74, 6) is 1.12. The first-order valence-corrected chi connectivity index (χ1v) is 7.88. The molecule has 5 nitrogen and oxygen atoms in total. The van der Waals surface area contributed by atoms with Crippen molar-refractivity contribution in [2.75, 3.05) is 6.54 Å². The maximum Gasteiger partial charge on any atom is 0.261 e. The number of nitrogens with one attached hydrogen (secondary N) is 1.